The van der Waals surface area contributed by atoms with Crippen LogP contribution in [0, 0.1) is 4.77 Å². The fourth-order valence-corrected chi connectivity index (χ4v) is 2.23. The van der Waals surface area contributed by atoms with Crippen molar-refractivity contribution in [3.63, 3.8) is 0 Å². The zero-order valence-corrected chi connectivity index (χ0v) is 11.7. The van der Waals surface area contributed by atoms with Crippen LogP contribution in [-0.2, 0) is 5.54 Å². The van der Waals surface area contributed by atoms with E-state index in [1.807, 2.05) is 16.7 Å². The molecule has 0 radical (unpaired) electrons. The number of aromatic amines is 1. The topological polar surface area (TPSA) is 55.7 Å². The van der Waals surface area contributed by atoms with Gasteiger partial charge in [0.2, 0.25) is 5.88 Å². The van der Waals surface area contributed by atoms with Gasteiger partial charge in [-0.05, 0) is 45.1 Å². The van der Waals surface area contributed by atoms with Crippen molar-refractivity contribution in [2.75, 3.05) is 7.11 Å². The molecule has 2 heterocycles. The average Bonchev–Trinajstić information content (AvgIpc) is 2.70. The maximum absolute atomic E-state index is 5.28. The van der Waals surface area contributed by atoms with Gasteiger partial charge in [-0.1, -0.05) is 0 Å². The molecule has 0 aromatic carbocycles. The van der Waals surface area contributed by atoms with E-state index in [4.69, 9.17) is 17.0 Å². The summed E-state index contributed by atoms with van der Waals surface area (Å²) < 4.78 is 7.81. The molecule has 1 N–H and O–H groups in total. The third kappa shape index (κ3) is 2.15. The fourth-order valence-electron chi connectivity index (χ4n) is 1.82. The number of hydrogen-bond donors (Lipinski definition) is 1. The van der Waals surface area contributed by atoms with Crippen molar-refractivity contribution in [1.29, 1.82) is 0 Å². The lowest BCUT2D eigenvalue weighted by atomic mass is 10.1. The SMILES string of the molecule is COc1ncccc1-c1n[nH]c(=S)n1C(C)(C)C. The smallest absolute Gasteiger partial charge is 0.224 e. The molecule has 18 heavy (non-hydrogen) atoms. The summed E-state index contributed by atoms with van der Waals surface area (Å²) in [5.41, 5.74) is 0.655. The lowest BCUT2D eigenvalue weighted by molar-refractivity contribution is 0.387. The molecule has 0 aliphatic carbocycles. The first kappa shape index (κ1) is 12.8. The molecule has 2 aromatic rings. The van der Waals surface area contributed by atoms with Crippen LogP contribution in [0.2, 0.25) is 0 Å². The molecule has 2 rings (SSSR count). The Kier molecular flexibility index (Phi) is 3.21. The standard InChI is InChI=1S/C12H16N4OS/c1-12(2,3)16-9(14-15-11(16)18)8-6-5-7-13-10(8)17-4/h5-7H,1-4H3,(H,15,18). The predicted molar refractivity (Wildman–Crippen MR) is 72.2 cm³/mol. The molecule has 0 saturated heterocycles. The van der Waals surface area contributed by atoms with Crippen molar-refractivity contribution in [2.45, 2.75) is 26.3 Å². The van der Waals surface area contributed by atoms with E-state index < -0.39 is 0 Å². The Bertz CT molecular complexity index is 609. The van der Waals surface area contributed by atoms with E-state index in [0.717, 1.165) is 11.4 Å². The number of methoxy groups -OCH3 is 1. The van der Waals surface area contributed by atoms with E-state index in [-0.39, 0.29) is 5.54 Å². The lowest BCUT2D eigenvalue weighted by Gasteiger charge is -2.22. The third-order valence-corrected chi connectivity index (χ3v) is 2.82. The zero-order chi connectivity index (χ0) is 13.3. The molecule has 5 nitrogen and oxygen atoms in total. The van der Waals surface area contributed by atoms with Crippen molar-refractivity contribution in [3.05, 3.63) is 23.1 Å². The molecule has 0 atom stereocenters. The molecule has 0 bridgehead atoms. The molecular weight excluding hydrogens is 248 g/mol. The van der Waals surface area contributed by atoms with Crippen molar-refractivity contribution in [2.24, 2.45) is 0 Å². The molecule has 96 valence electrons. The van der Waals surface area contributed by atoms with E-state index in [2.05, 4.69) is 36.0 Å². The Balaban J connectivity index is 2.69. The van der Waals surface area contributed by atoms with Crippen molar-refractivity contribution >= 4 is 12.2 Å². The Morgan fingerprint density at radius 3 is 2.72 bits per heavy atom. The van der Waals surface area contributed by atoms with Crippen LogP contribution in [0.25, 0.3) is 11.4 Å². The van der Waals surface area contributed by atoms with Crippen LogP contribution in [0.1, 0.15) is 20.8 Å². The van der Waals surface area contributed by atoms with E-state index in [1.165, 1.54) is 0 Å². The highest BCUT2D eigenvalue weighted by Crippen LogP contribution is 2.29. The Hall–Kier alpha value is -1.69. The first-order valence-corrected chi connectivity index (χ1v) is 6.03. The van der Waals surface area contributed by atoms with Gasteiger partial charge in [-0.25, -0.2) is 4.98 Å². The quantitative estimate of drug-likeness (QED) is 0.847. The van der Waals surface area contributed by atoms with Gasteiger partial charge >= 0.3 is 0 Å². The highest BCUT2D eigenvalue weighted by atomic mass is 32.1. The van der Waals surface area contributed by atoms with Gasteiger partial charge in [0.15, 0.2) is 10.6 Å². The predicted octanol–water partition coefficient (Wildman–Crippen LogP) is 2.77. The van der Waals surface area contributed by atoms with Crippen LogP contribution in [-0.4, -0.2) is 26.9 Å². The normalized spacial score (nSPS) is 11.6. The van der Waals surface area contributed by atoms with Crippen LogP contribution in [0.5, 0.6) is 5.88 Å². The summed E-state index contributed by atoms with van der Waals surface area (Å²) in [7, 11) is 1.59. The minimum Gasteiger partial charge on any atom is -0.480 e. The van der Waals surface area contributed by atoms with Crippen LogP contribution in [0.3, 0.4) is 0 Å². The van der Waals surface area contributed by atoms with Crippen LogP contribution < -0.4 is 4.74 Å². The van der Waals surface area contributed by atoms with E-state index in [1.54, 1.807) is 13.3 Å². The Morgan fingerprint density at radius 1 is 1.39 bits per heavy atom. The van der Waals surface area contributed by atoms with Gasteiger partial charge in [-0.3, -0.25) is 9.67 Å². The number of ether oxygens (including phenoxy) is 1. The molecule has 0 spiro atoms. The number of pyridine rings is 1. The number of H-pyrrole nitrogens is 1. The van der Waals surface area contributed by atoms with Crippen LogP contribution in [0.4, 0.5) is 0 Å². The summed E-state index contributed by atoms with van der Waals surface area (Å²) in [4.78, 5) is 4.18. The highest BCUT2D eigenvalue weighted by molar-refractivity contribution is 7.71. The van der Waals surface area contributed by atoms with Crippen LogP contribution in [0.15, 0.2) is 18.3 Å². The maximum Gasteiger partial charge on any atom is 0.224 e. The molecular formula is C12H16N4OS. The number of nitrogens with one attached hydrogen (secondary N) is 1. The van der Waals surface area contributed by atoms with Gasteiger partial charge in [-0.15, -0.1) is 0 Å². The van der Waals surface area contributed by atoms with Gasteiger partial charge in [0, 0.05) is 11.7 Å². The second-order valence-electron chi connectivity index (χ2n) is 4.92. The number of hydrogen-bond acceptors (Lipinski definition) is 4. The lowest BCUT2D eigenvalue weighted by Crippen LogP contribution is -2.23. The molecule has 2 aromatic heterocycles. The van der Waals surface area contributed by atoms with Gasteiger partial charge in [0.1, 0.15) is 0 Å². The zero-order valence-electron chi connectivity index (χ0n) is 10.9. The third-order valence-electron chi connectivity index (χ3n) is 2.55. The largest absolute Gasteiger partial charge is 0.480 e. The first-order valence-electron chi connectivity index (χ1n) is 5.62. The summed E-state index contributed by atoms with van der Waals surface area (Å²) in [6.07, 6.45) is 1.69. The summed E-state index contributed by atoms with van der Waals surface area (Å²) in [5, 5.41) is 7.11. The molecule has 0 aliphatic rings. The second-order valence-corrected chi connectivity index (χ2v) is 5.31. The molecule has 0 fully saturated rings. The van der Waals surface area contributed by atoms with Gasteiger partial charge in [-0.2, -0.15) is 5.10 Å². The van der Waals surface area contributed by atoms with Gasteiger partial charge in [0.25, 0.3) is 0 Å². The summed E-state index contributed by atoms with van der Waals surface area (Å²) in [6.45, 7) is 6.22. The van der Waals surface area contributed by atoms with Crippen molar-refractivity contribution in [1.82, 2.24) is 19.7 Å². The Labute approximate surface area is 111 Å². The Morgan fingerprint density at radius 2 is 2.11 bits per heavy atom. The fraction of sp³-hybridized carbons (Fsp3) is 0.417. The number of aromatic nitrogens is 4. The van der Waals surface area contributed by atoms with E-state index >= 15 is 0 Å². The molecule has 0 aliphatic heterocycles. The van der Waals surface area contributed by atoms with Crippen molar-refractivity contribution in [3.8, 4) is 17.3 Å². The minimum absolute atomic E-state index is 0.166. The van der Waals surface area contributed by atoms with Gasteiger partial charge in [0.05, 0.1) is 12.7 Å². The number of nitrogens with zero attached hydrogens (tertiary/aromatic N) is 3. The summed E-state index contributed by atoms with van der Waals surface area (Å²) in [6, 6.07) is 3.77. The molecule has 6 heteroatoms. The minimum atomic E-state index is -0.166. The van der Waals surface area contributed by atoms with Gasteiger partial charge < -0.3 is 4.74 Å². The van der Waals surface area contributed by atoms with Crippen LogP contribution >= 0.6 is 12.2 Å². The first-order chi connectivity index (χ1) is 8.45. The summed E-state index contributed by atoms with van der Waals surface area (Å²) in [5.74, 6) is 1.27. The second kappa shape index (κ2) is 4.53. The maximum atomic E-state index is 5.28. The van der Waals surface area contributed by atoms with E-state index in [9.17, 15) is 0 Å². The number of rotatable bonds is 2. The van der Waals surface area contributed by atoms with Crippen molar-refractivity contribution < 1.29 is 4.74 Å². The summed E-state index contributed by atoms with van der Waals surface area (Å²) >= 11 is 5.28. The molecule has 0 amide bonds. The van der Waals surface area contributed by atoms with E-state index in [0.29, 0.717) is 10.7 Å². The average molecular weight is 264 g/mol. The highest BCUT2D eigenvalue weighted by Gasteiger charge is 2.22. The molecule has 0 unspecified atom stereocenters. The molecule has 0 saturated carbocycles. The monoisotopic (exact) mass is 264 g/mol.